The van der Waals surface area contributed by atoms with E-state index in [0.717, 1.165) is 61.7 Å². The van der Waals surface area contributed by atoms with E-state index < -0.39 is 0 Å². The van der Waals surface area contributed by atoms with E-state index in [0.29, 0.717) is 6.54 Å². The molecule has 5 rings (SSSR count). The highest BCUT2D eigenvalue weighted by atomic mass is 16.5. The Kier molecular flexibility index (Phi) is 6.26. The topological polar surface area (TPSA) is 64.6 Å². The third-order valence-corrected chi connectivity index (χ3v) is 5.95. The molecule has 176 valence electrons. The van der Waals surface area contributed by atoms with Gasteiger partial charge in [0.1, 0.15) is 17.2 Å². The number of fused-ring (bicyclic) bond motifs is 3. The second-order valence-corrected chi connectivity index (χ2v) is 8.15. The second kappa shape index (κ2) is 9.81. The summed E-state index contributed by atoms with van der Waals surface area (Å²) in [6, 6.07) is 28.3. The molecular formula is C29H27N3O3. The van der Waals surface area contributed by atoms with E-state index in [1.807, 2.05) is 54.6 Å². The zero-order chi connectivity index (χ0) is 24.2. The Morgan fingerprint density at radius 3 is 2.09 bits per heavy atom. The van der Waals surface area contributed by atoms with Crippen molar-refractivity contribution < 1.29 is 14.2 Å². The Morgan fingerprint density at radius 1 is 0.657 bits per heavy atom. The Morgan fingerprint density at radius 2 is 1.37 bits per heavy atom. The van der Waals surface area contributed by atoms with Crippen LogP contribution in [0.4, 0.5) is 17.1 Å². The summed E-state index contributed by atoms with van der Waals surface area (Å²) in [5.41, 5.74) is 4.70. The van der Waals surface area contributed by atoms with Crippen molar-refractivity contribution in [3.05, 3.63) is 90.6 Å². The Balaban J connectivity index is 1.56. The predicted molar refractivity (Wildman–Crippen MR) is 142 cm³/mol. The van der Waals surface area contributed by atoms with Crippen LogP contribution in [0.2, 0.25) is 0 Å². The number of benzene rings is 4. The second-order valence-electron chi connectivity index (χ2n) is 8.15. The van der Waals surface area contributed by atoms with Crippen molar-refractivity contribution in [3.63, 3.8) is 0 Å². The van der Waals surface area contributed by atoms with Crippen LogP contribution < -0.4 is 24.8 Å². The first-order valence-corrected chi connectivity index (χ1v) is 11.4. The fourth-order valence-electron chi connectivity index (χ4n) is 4.14. The average molecular weight is 466 g/mol. The summed E-state index contributed by atoms with van der Waals surface area (Å²) in [4.78, 5) is 5.05. The molecule has 0 bridgehead atoms. The smallest absolute Gasteiger partial charge is 0.124 e. The number of methoxy groups -OCH3 is 3. The third-order valence-electron chi connectivity index (χ3n) is 5.95. The van der Waals surface area contributed by atoms with Crippen LogP contribution in [0.15, 0.2) is 84.9 Å². The van der Waals surface area contributed by atoms with Crippen LogP contribution >= 0.6 is 0 Å². The lowest BCUT2D eigenvalue weighted by atomic mass is 10.0. The van der Waals surface area contributed by atoms with E-state index in [-0.39, 0.29) is 0 Å². The van der Waals surface area contributed by atoms with Gasteiger partial charge in [-0.15, -0.1) is 0 Å². The Hall–Kier alpha value is -4.45. The van der Waals surface area contributed by atoms with E-state index in [9.17, 15) is 0 Å². The minimum atomic E-state index is 0.571. The summed E-state index contributed by atoms with van der Waals surface area (Å²) in [6.45, 7) is 0.571. The molecule has 0 saturated carbocycles. The molecule has 6 heteroatoms. The lowest BCUT2D eigenvalue weighted by Crippen LogP contribution is -2.04. The molecular weight excluding hydrogens is 438 g/mol. The lowest BCUT2D eigenvalue weighted by molar-refractivity contribution is 0.395. The molecule has 0 aliphatic heterocycles. The molecule has 4 aromatic carbocycles. The van der Waals surface area contributed by atoms with Crippen LogP contribution in [0.3, 0.4) is 0 Å². The van der Waals surface area contributed by atoms with Crippen LogP contribution in [-0.2, 0) is 6.54 Å². The number of nitrogens with one attached hydrogen (secondary N) is 2. The van der Waals surface area contributed by atoms with Crippen molar-refractivity contribution in [2.75, 3.05) is 32.0 Å². The van der Waals surface area contributed by atoms with Gasteiger partial charge in [-0.1, -0.05) is 36.4 Å². The van der Waals surface area contributed by atoms with Gasteiger partial charge < -0.3 is 24.8 Å². The van der Waals surface area contributed by atoms with Gasteiger partial charge in [-0.3, -0.25) is 4.98 Å². The van der Waals surface area contributed by atoms with Crippen molar-refractivity contribution in [1.82, 2.24) is 4.98 Å². The normalized spacial score (nSPS) is 10.8. The van der Waals surface area contributed by atoms with Gasteiger partial charge in [0.05, 0.1) is 39.1 Å². The number of nitrogens with zero attached hydrogens (tertiary/aromatic N) is 1. The summed E-state index contributed by atoms with van der Waals surface area (Å²) in [6.07, 6.45) is 0. The SMILES string of the molecule is COc1ccc(NCc2cc(Nc3cc(OC)cc(OC)c3)c3ccc4ccccc4c3n2)cc1. The highest BCUT2D eigenvalue weighted by Gasteiger charge is 2.11. The number of aromatic nitrogens is 1. The third kappa shape index (κ3) is 4.77. The van der Waals surface area contributed by atoms with Gasteiger partial charge in [-0.25, -0.2) is 0 Å². The van der Waals surface area contributed by atoms with Gasteiger partial charge in [-0.05, 0) is 35.7 Å². The first kappa shape index (κ1) is 22.3. The van der Waals surface area contributed by atoms with Crippen LogP contribution in [-0.4, -0.2) is 26.3 Å². The Labute approximate surface area is 204 Å². The van der Waals surface area contributed by atoms with Crippen molar-refractivity contribution in [1.29, 1.82) is 0 Å². The molecule has 1 heterocycles. The number of hydrogen-bond acceptors (Lipinski definition) is 6. The minimum absolute atomic E-state index is 0.571. The van der Waals surface area contributed by atoms with Gasteiger partial charge >= 0.3 is 0 Å². The van der Waals surface area contributed by atoms with Crippen LogP contribution in [0.1, 0.15) is 5.69 Å². The van der Waals surface area contributed by atoms with Gasteiger partial charge in [0, 0.05) is 46.0 Å². The number of hydrogen-bond donors (Lipinski definition) is 2. The molecule has 0 fully saturated rings. The molecule has 0 radical (unpaired) electrons. The molecule has 0 unspecified atom stereocenters. The van der Waals surface area contributed by atoms with E-state index in [2.05, 4.69) is 41.0 Å². The maximum atomic E-state index is 5.46. The lowest BCUT2D eigenvalue weighted by Gasteiger charge is -2.16. The molecule has 1 aromatic heterocycles. The first-order chi connectivity index (χ1) is 17.2. The zero-order valence-electron chi connectivity index (χ0n) is 20.0. The number of anilines is 3. The van der Waals surface area contributed by atoms with Crippen molar-refractivity contribution in [2.45, 2.75) is 6.54 Å². The van der Waals surface area contributed by atoms with E-state index in [1.165, 1.54) is 0 Å². The maximum Gasteiger partial charge on any atom is 0.124 e. The van der Waals surface area contributed by atoms with E-state index in [4.69, 9.17) is 19.2 Å². The fraction of sp³-hybridized carbons (Fsp3) is 0.138. The molecule has 5 aromatic rings. The molecule has 35 heavy (non-hydrogen) atoms. The maximum absolute atomic E-state index is 5.46. The van der Waals surface area contributed by atoms with Gasteiger partial charge in [-0.2, -0.15) is 0 Å². The van der Waals surface area contributed by atoms with Crippen LogP contribution in [0, 0.1) is 0 Å². The summed E-state index contributed by atoms with van der Waals surface area (Å²) in [7, 11) is 4.96. The van der Waals surface area contributed by atoms with Gasteiger partial charge in [0.25, 0.3) is 0 Å². The number of rotatable bonds is 8. The molecule has 0 aliphatic carbocycles. The van der Waals surface area contributed by atoms with Crippen molar-refractivity contribution in [2.24, 2.45) is 0 Å². The van der Waals surface area contributed by atoms with Gasteiger partial charge in [0.15, 0.2) is 0 Å². The van der Waals surface area contributed by atoms with E-state index in [1.54, 1.807) is 21.3 Å². The average Bonchev–Trinajstić information content (AvgIpc) is 2.91. The standard InChI is InChI=1S/C29H27N3O3/c1-33-23-11-9-20(10-12-23)30-18-22-16-28(31-21-14-24(34-2)17-25(15-21)35-3)27-13-8-19-6-4-5-7-26(19)29(27)32-22/h4-17,30H,18H2,1-3H3,(H,31,32). The summed E-state index contributed by atoms with van der Waals surface area (Å²) in [5.74, 6) is 2.26. The van der Waals surface area contributed by atoms with E-state index >= 15 is 0 Å². The molecule has 2 N–H and O–H groups in total. The summed E-state index contributed by atoms with van der Waals surface area (Å²) < 4.78 is 16.2. The largest absolute Gasteiger partial charge is 0.497 e. The highest BCUT2D eigenvalue weighted by Crippen LogP contribution is 2.34. The highest BCUT2D eigenvalue weighted by molar-refractivity contribution is 6.09. The zero-order valence-corrected chi connectivity index (χ0v) is 20.0. The molecule has 0 spiro atoms. The fourth-order valence-corrected chi connectivity index (χ4v) is 4.14. The van der Waals surface area contributed by atoms with Crippen molar-refractivity contribution in [3.8, 4) is 17.2 Å². The molecule has 0 aliphatic rings. The van der Waals surface area contributed by atoms with Crippen molar-refractivity contribution >= 4 is 38.7 Å². The molecule has 0 atom stereocenters. The number of pyridine rings is 1. The van der Waals surface area contributed by atoms with Crippen LogP contribution in [0.5, 0.6) is 17.2 Å². The quantitative estimate of drug-likeness (QED) is 0.247. The molecule has 6 nitrogen and oxygen atoms in total. The molecule has 0 amide bonds. The minimum Gasteiger partial charge on any atom is -0.497 e. The summed E-state index contributed by atoms with van der Waals surface area (Å²) >= 11 is 0. The summed E-state index contributed by atoms with van der Waals surface area (Å²) in [5, 5.41) is 10.3. The Bertz CT molecular complexity index is 1460. The van der Waals surface area contributed by atoms with Crippen LogP contribution in [0.25, 0.3) is 21.7 Å². The van der Waals surface area contributed by atoms with Gasteiger partial charge in [0.2, 0.25) is 0 Å². The molecule has 0 saturated heterocycles. The predicted octanol–water partition coefficient (Wildman–Crippen LogP) is 6.77. The first-order valence-electron chi connectivity index (χ1n) is 11.4. The number of ether oxygens (including phenoxy) is 3. The monoisotopic (exact) mass is 465 g/mol.